The summed E-state index contributed by atoms with van der Waals surface area (Å²) in [7, 11) is 0. The van der Waals surface area contributed by atoms with Gasteiger partial charge in [-0.2, -0.15) is 0 Å². The Bertz CT molecular complexity index is 753. The molecule has 146 valence electrons. The van der Waals surface area contributed by atoms with Crippen molar-refractivity contribution in [2.24, 2.45) is 0 Å². The fourth-order valence-corrected chi connectivity index (χ4v) is 2.89. The quantitative estimate of drug-likeness (QED) is 0.626. The third kappa shape index (κ3) is 5.10. The van der Waals surface area contributed by atoms with Gasteiger partial charge in [-0.05, 0) is 43.2 Å². The van der Waals surface area contributed by atoms with Gasteiger partial charge in [0, 0.05) is 31.2 Å². The molecule has 1 atom stereocenters. The van der Waals surface area contributed by atoms with E-state index >= 15 is 0 Å². The minimum absolute atomic E-state index is 0.0463. The number of hydrogen-bond donors (Lipinski definition) is 3. The topological polar surface area (TPSA) is 94.8 Å². The molecule has 1 aromatic heterocycles. The highest BCUT2D eigenvalue weighted by molar-refractivity contribution is 6.00. The lowest BCUT2D eigenvalue weighted by Gasteiger charge is -2.26. The van der Waals surface area contributed by atoms with Gasteiger partial charge in [-0.1, -0.05) is 13.8 Å². The average molecular weight is 373 g/mol. The molecule has 27 heavy (non-hydrogen) atoms. The summed E-state index contributed by atoms with van der Waals surface area (Å²) >= 11 is 0. The highest BCUT2D eigenvalue weighted by atomic mass is 16.3. The third-order valence-corrected chi connectivity index (χ3v) is 4.21. The molecule has 0 bridgehead atoms. The second kappa shape index (κ2) is 9.78. The van der Waals surface area contributed by atoms with Crippen molar-refractivity contribution >= 4 is 11.8 Å². The summed E-state index contributed by atoms with van der Waals surface area (Å²) in [6, 6.07) is 7.31. The fraction of sp³-hybridized carbons (Fsp3) is 0.400. The molecule has 0 fully saturated rings. The molecule has 0 unspecified atom stereocenters. The Labute approximate surface area is 159 Å². The Hall–Kier alpha value is -2.80. The zero-order chi connectivity index (χ0) is 19.8. The average Bonchev–Trinajstić information content (AvgIpc) is 3.20. The molecule has 0 aliphatic heterocycles. The van der Waals surface area contributed by atoms with E-state index in [0.717, 1.165) is 12.8 Å². The molecule has 7 nitrogen and oxygen atoms in total. The number of aromatic nitrogens is 1. The number of phenolic OH excluding ortho intramolecular Hbond substituents is 1. The molecule has 1 heterocycles. The van der Waals surface area contributed by atoms with Crippen LogP contribution in [0.4, 0.5) is 0 Å². The van der Waals surface area contributed by atoms with Gasteiger partial charge < -0.3 is 25.0 Å². The second-order valence-electron chi connectivity index (χ2n) is 6.33. The SMILES string of the molecule is CCCN(CCC)C(=O)[C@H](CO)NC(=O)c1cc(-n2cccc2)ccc1O. The number of nitrogens with zero attached hydrogens (tertiary/aromatic N) is 2. The molecule has 2 amide bonds. The molecule has 0 spiro atoms. The van der Waals surface area contributed by atoms with Crippen LogP contribution in [0.1, 0.15) is 37.0 Å². The summed E-state index contributed by atoms with van der Waals surface area (Å²) in [5, 5.41) is 22.2. The van der Waals surface area contributed by atoms with Crippen LogP contribution >= 0.6 is 0 Å². The number of aliphatic hydroxyl groups excluding tert-OH is 1. The summed E-state index contributed by atoms with van der Waals surface area (Å²) in [6.45, 7) is 4.55. The predicted molar refractivity (Wildman–Crippen MR) is 103 cm³/mol. The van der Waals surface area contributed by atoms with Crippen molar-refractivity contribution in [2.45, 2.75) is 32.7 Å². The highest BCUT2D eigenvalue weighted by Gasteiger charge is 2.26. The number of aromatic hydroxyl groups is 1. The van der Waals surface area contributed by atoms with E-state index in [4.69, 9.17) is 0 Å². The van der Waals surface area contributed by atoms with Gasteiger partial charge in [0.2, 0.25) is 5.91 Å². The lowest BCUT2D eigenvalue weighted by molar-refractivity contribution is -0.134. The van der Waals surface area contributed by atoms with E-state index in [0.29, 0.717) is 18.8 Å². The van der Waals surface area contributed by atoms with Gasteiger partial charge in [0.1, 0.15) is 11.8 Å². The van der Waals surface area contributed by atoms with Crippen molar-refractivity contribution in [2.75, 3.05) is 19.7 Å². The summed E-state index contributed by atoms with van der Waals surface area (Å²) in [6.07, 6.45) is 5.22. The normalized spacial score (nSPS) is 11.8. The number of rotatable bonds is 9. The maximum Gasteiger partial charge on any atom is 0.255 e. The second-order valence-corrected chi connectivity index (χ2v) is 6.33. The maximum absolute atomic E-state index is 12.6. The van der Waals surface area contributed by atoms with Crippen LogP contribution in [-0.2, 0) is 4.79 Å². The largest absolute Gasteiger partial charge is 0.507 e. The van der Waals surface area contributed by atoms with E-state index in [2.05, 4.69) is 5.32 Å². The monoisotopic (exact) mass is 373 g/mol. The third-order valence-electron chi connectivity index (χ3n) is 4.21. The van der Waals surface area contributed by atoms with Gasteiger partial charge in [-0.25, -0.2) is 0 Å². The van der Waals surface area contributed by atoms with Crippen LogP contribution in [0.5, 0.6) is 5.75 Å². The Balaban J connectivity index is 2.19. The van der Waals surface area contributed by atoms with Crippen molar-refractivity contribution in [1.82, 2.24) is 14.8 Å². The first kappa shape index (κ1) is 20.5. The molecule has 2 rings (SSSR count). The van der Waals surface area contributed by atoms with Gasteiger partial charge in [0.05, 0.1) is 12.2 Å². The van der Waals surface area contributed by atoms with Crippen molar-refractivity contribution in [3.05, 3.63) is 48.3 Å². The Morgan fingerprint density at radius 1 is 1.15 bits per heavy atom. The van der Waals surface area contributed by atoms with E-state index < -0.39 is 18.6 Å². The number of carbonyl (C=O) groups excluding carboxylic acids is 2. The maximum atomic E-state index is 12.6. The van der Waals surface area contributed by atoms with Crippen LogP contribution < -0.4 is 5.32 Å². The molecule has 7 heteroatoms. The van der Waals surface area contributed by atoms with E-state index in [9.17, 15) is 19.8 Å². The molecule has 1 aromatic carbocycles. The molecule has 0 aliphatic rings. The van der Waals surface area contributed by atoms with Crippen molar-refractivity contribution in [3.8, 4) is 11.4 Å². The van der Waals surface area contributed by atoms with Gasteiger partial charge in [-0.15, -0.1) is 0 Å². The van der Waals surface area contributed by atoms with Crippen LogP contribution in [-0.4, -0.2) is 57.2 Å². The lowest BCUT2D eigenvalue weighted by Crippen LogP contribution is -2.51. The molecule has 0 radical (unpaired) electrons. The first-order valence-electron chi connectivity index (χ1n) is 9.18. The summed E-state index contributed by atoms with van der Waals surface area (Å²) in [4.78, 5) is 26.9. The number of aliphatic hydroxyl groups is 1. The van der Waals surface area contributed by atoms with E-state index in [1.54, 1.807) is 21.6 Å². The number of benzene rings is 1. The lowest BCUT2D eigenvalue weighted by atomic mass is 10.1. The van der Waals surface area contributed by atoms with E-state index in [1.165, 1.54) is 6.07 Å². The number of hydrogen-bond acceptors (Lipinski definition) is 4. The zero-order valence-corrected chi connectivity index (χ0v) is 15.8. The molecule has 2 aromatic rings. The minimum atomic E-state index is -1.05. The number of carbonyl (C=O) groups is 2. The van der Waals surface area contributed by atoms with Crippen molar-refractivity contribution in [3.63, 3.8) is 0 Å². The molecule has 3 N–H and O–H groups in total. The van der Waals surface area contributed by atoms with Crippen molar-refractivity contribution in [1.29, 1.82) is 0 Å². The Kier molecular flexibility index (Phi) is 7.43. The molecular formula is C20H27N3O4. The predicted octanol–water partition coefficient (Wildman–Crippen LogP) is 1.92. The van der Waals surface area contributed by atoms with E-state index in [-0.39, 0.29) is 17.2 Å². The van der Waals surface area contributed by atoms with Crippen LogP contribution in [0.25, 0.3) is 5.69 Å². The number of phenols is 1. The summed E-state index contributed by atoms with van der Waals surface area (Å²) < 4.78 is 1.80. The summed E-state index contributed by atoms with van der Waals surface area (Å²) in [5.41, 5.74) is 0.749. The van der Waals surface area contributed by atoms with Crippen molar-refractivity contribution < 1.29 is 19.8 Å². The minimum Gasteiger partial charge on any atom is -0.507 e. The molecular weight excluding hydrogens is 346 g/mol. The molecule has 0 saturated carbocycles. The van der Waals surface area contributed by atoms with Gasteiger partial charge in [0.25, 0.3) is 5.91 Å². The first-order valence-corrected chi connectivity index (χ1v) is 9.18. The van der Waals surface area contributed by atoms with E-state index in [1.807, 2.05) is 38.4 Å². The standard InChI is InChI=1S/C20H27N3O4/c1-3-9-23(10-4-2)20(27)17(14-24)21-19(26)16-13-15(7-8-18(16)25)22-11-5-6-12-22/h5-8,11-13,17,24-25H,3-4,9-10,14H2,1-2H3,(H,21,26)/t17-/m0/s1. The first-order chi connectivity index (χ1) is 13.0. The number of amides is 2. The van der Waals surface area contributed by atoms with Gasteiger partial charge in [-0.3, -0.25) is 9.59 Å². The number of nitrogens with one attached hydrogen (secondary N) is 1. The van der Waals surface area contributed by atoms with Crippen LogP contribution in [0.3, 0.4) is 0 Å². The Morgan fingerprint density at radius 2 is 1.78 bits per heavy atom. The van der Waals surface area contributed by atoms with Crippen LogP contribution in [0, 0.1) is 0 Å². The molecule has 0 aliphatic carbocycles. The van der Waals surface area contributed by atoms with Gasteiger partial charge in [0.15, 0.2) is 0 Å². The summed E-state index contributed by atoms with van der Waals surface area (Å²) in [5.74, 6) is -1.12. The smallest absolute Gasteiger partial charge is 0.255 e. The van der Waals surface area contributed by atoms with Gasteiger partial charge >= 0.3 is 0 Å². The zero-order valence-electron chi connectivity index (χ0n) is 15.8. The van der Waals surface area contributed by atoms with Crippen LogP contribution in [0.15, 0.2) is 42.7 Å². The van der Waals surface area contributed by atoms with Crippen LogP contribution in [0.2, 0.25) is 0 Å². The molecule has 0 saturated heterocycles. The highest BCUT2D eigenvalue weighted by Crippen LogP contribution is 2.21. The Morgan fingerprint density at radius 3 is 2.33 bits per heavy atom. The fourth-order valence-electron chi connectivity index (χ4n) is 2.89.